The Bertz CT molecular complexity index is 661. The molecule has 8 N–H and O–H groups in total. The van der Waals surface area contributed by atoms with Crippen molar-refractivity contribution in [3.63, 3.8) is 0 Å². The van der Waals surface area contributed by atoms with E-state index in [0.29, 0.717) is 44.8 Å². The summed E-state index contributed by atoms with van der Waals surface area (Å²) in [5.74, 6) is 0. The summed E-state index contributed by atoms with van der Waals surface area (Å²) in [6, 6.07) is 6.79. The predicted octanol–water partition coefficient (Wildman–Crippen LogP) is 1.96. The molecule has 0 radical (unpaired) electrons. The van der Waals surface area contributed by atoms with Gasteiger partial charge in [0, 0.05) is 0 Å². The second kappa shape index (κ2) is 5.44. The third-order valence-corrected chi connectivity index (χ3v) is 2.84. The molecule has 0 atom stereocenters. The number of halogens is 2. The van der Waals surface area contributed by atoms with Gasteiger partial charge in [0.2, 0.25) is 0 Å². The van der Waals surface area contributed by atoms with E-state index in [2.05, 4.69) is 9.97 Å². The number of rotatable bonds is 0. The minimum absolute atomic E-state index is 0. The minimum Gasteiger partial charge on any atom is -0.397 e. The van der Waals surface area contributed by atoms with Gasteiger partial charge in [-0.3, -0.25) is 0 Å². The largest absolute Gasteiger partial charge is 0.397 e. The minimum atomic E-state index is 0. The molecular weight excluding hydrogens is 299 g/mol. The summed E-state index contributed by atoms with van der Waals surface area (Å²) >= 11 is 0. The zero-order valence-corrected chi connectivity index (χ0v) is 12.0. The van der Waals surface area contributed by atoms with E-state index in [1.807, 2.05) is 0 Å². The van der Waals surface area contributed by atoms with E-state index in [-0.39, 0.29) is 24.8 Å². The molecule has 0 aliphatic rings. The molecule has 0 amide bonds. The van der Waals surface area contributed by atoms with Crippen LogP contribution in [0.15, 0.2) is 24.3 Å². The average molecular weight is 313 g/mol. The Kier molecular flexibility index (Phi) is 4.32. The number of nitrogens with two attached hydrogens (primary N) is 4. The van der Waals surface area contributed by atoms with E-state index in [0.717, 1.165) is 0 Å². The molecule has 8 heteroatoms. The Balaban J connectivity index is 0.000001000. The zero-order valence-electron chi connectivity index (χ0n) is 10.3. The van der Waals surface area contributed by atoms with Gasteiger partial charge in [-0.15, -0.1) is 24.8 Å². The maximum atomic E-state index is 5.75. The van der Waals surface area contributed by atoms with Crippen LogP contribution >= 0.6 is 24.8 Å². The number of hydrogen-bond acceptors (Lipinski definition) is 6. The van der Waals surface area contributed by atoms with E-state index in [4.69, 9.17) is 22.9 Å². The summed E-state index contributed by atoms with van der Waals surface area (Å²) < 4.78 is 0. The summed E-state index contributed by atoms with van der Waals surface area (Å²) in [6.45, 7) is 0. The van der Waals surface area contributed by atoms with Crippen molar-refractivity contribution in [1.29, 1.82) is 0 Å². The van der Waals surface area contributed by atoms with Crippen LogP contribution in [-0.4, -0.2) is 9.97 Å². The van der Waals surface area contributed by atoms with Gasteiger partial charge in [-0.05, 0) is 24.3 Å². The van der Waals surface area contributed by atoms with E-state index in [1.54, 1.807) is 24.3 Å². The molecule has 0 bridgehead atoms. The quantitative estimate of drug-likeness (QED) is 0.371. The van der Waals surface area contributed by atoms with Crippen molar-refractivity contribution >= 4 is 69.6 Å². The summed E-state index contributed by atoms with van der Waals surface area (Å²) in [4.78, 5) is 8.90. The number of aromatic nitrogens is 2. The Morgan fingerprint density at radius 1 is 0.500 bits per heavy atom. The van der Waals surface area contributed by atoms with Crippen LogP contribution in [0.5, 0.6) is 0 Å². The second-order valence-electron chi connectivity index (χ2n) is 4.16. The molecule has 3 aromatic rings. The molecule has 0 unspecified atom stereocenters. The van der Waals surface area contributed by atoms with Gasteiger partial charge in [-0.1, -0.05) is 0 Å². The summed E-state index contributed by atoms with van der Waals surface area (Å²) in [5.41, 5.74) is 27.6. The monoisotopic (exact) mass is 312 g/mol. The Labute approximate surface area is 127 Å². The van der Waals surface area contributed by atoms with Gasteiger partial charge in [0.25, 0.3) is 0 Å². The molecule has 6 nitrogen and oxygen atoms in total. The predicted molar refractivity (Wildman–Crippen MR) is 89.2 cm³/mol. The summed E-state index contributed by atoms with van der Waals surface area (Å²) in [5, 5.41) is 0. The molecule has 1 heterocycles. The smallest absolute Gasteiger partial charge is 0.0916 e. The van der Waals surface area contributed by atoms with E-state index >= 15 is 0 Å². The van der Waals surface area contributed by atoms with Gasteiger partial charge in [0.05, 0.1) is 44.8 Å². The standard InChI is InChI=1S/C12H12N6.2ClH/c13-5-1-9-10(2-6(5)14)18-12-4-8(16)7(15)3-11(12)17-9;;/h1-4H,13-16H2;2*1H. The lowest BCUT2D eigenvalue weighted by Crippen LogP contribution is -1.98. The number of fused-ring (bicyclic) bond motifs is 2. The fourth-order valence-electron chi connectivity index (χ4n) is 1.84. The summed E-state index contributed by atoms with van der Waals surface area (Å²) in [6.07, 6.45) is 0. The van der Waals surface area contributed by atoms with Crippen molar-refractivity contribution in [3.8, 4) is 0 Å². The van der Waals surface area contributed by atoms with E-state index < -0.39 is 0 Å². The highest BCUT2D eigenvalue weighted by Crippen LogP contribution is 2.26. The normalized spacial score (nSPS) is 10.0. The van der Waals surface area contributed by atoms with Crippen LogP contribution in [0.4, 0.5) is 22.7 Å². The molecule has 106 valence electrons. The molecule has 20 heavy (non-hydrogen) atoms. The topological polar surface area (TPSA) is 130 Å². The van der Waals surface area contributed by atoms with Crippen LogP contribution in [0.1, 0.15) is 0 Å². The molecule has 0 spiro atoms. The molecule has 0 fully saturated rings. The maximum Gasteiger partial charge on any atom is 0.0916 e. The van der Waals surface area contributed by atoms with Crippen molar-refractivity contribution in [2.75, 3.05) is 22.9 Å². The van der Waals surface area contributed by atoms with Crippen LogP contribution in [-0.2, 0) is 0 Å². The van der Waals surface area contributed by atoms with Crippen LogP contribution in [0.25, 0.3) is 22.1 Å². The van der Waals surface area contributed by atoms with Gasteiger partial charge in [0.1, 0.15) is 0 Å². The van der Waals surface area contributed by atoms with Crippen molar-refractivity contribution in [2.24, 2.45) is 0 Å². The molecule has 0 aliphatic heterocycles. The van der Waals surface area contributed by atoms with Gasteiger partial charge < -0.3 is 22.9 Å². The third kappa shape index (κ3) is 2.43. The van der Waals surface area contributed by atoms with Crippen molar-refractivity contribution in [1.82, 2.24) is 9.97 Å². The molecule has 2 aromatic carbocycles. The maximum absolute atomic E-state index is 5.75. The van der Waals surface area contributed by atoms with Gasteiger partial charge in [-0.25, -0.2) is 9.97 Å². The van der Waals surface area contributed by atoms with Crippen molar-refractivity contribution < 1.29 is 0 Å². The highest BCUT2D eigenvalue weighted by molar-refractivity contribution is 5.94. The molecule has 0 saturated heterocycles. The summed E-state index contributed by atoms with van der Waals surface area (Å²) in [7, 11) is 0. The van der Waals surface area contributed by atoms with E-state index in [9.17, 15) is 0 Å². The lowest BCUT2D eigenvalue weighted by atomic mass is 10.2. The first-order valence-electron chi connectivity index (χ1n) is 5.36. The van der Waals surface area contributed by atoms with Crippen molar-refractivity contribution in [3.05, 3.63) is 24.3 Å². The average Bonchev–Trinajstić information content (AvgIpc) is 2.31. The zero-order chi connectivity index (χ0) is 12.9. The molecular formula is C12H14Cl2N6. The Morgan fingerprint density at radius 3 is 0.900 bits per heavy atom. The lowest BCUT2D eigenvalue weighted by molar-refractivity contribution is 1.40. The first-order chi connectivity index (χ1) is 8.54. The van der Waals surface area contributed by atoms with Gasteiger partial charge in [0.15, 0.2) is 0 Å². The Hall–Kier alpha value is -2.18. The van der Waals surface area contributed by atoms with Crippen molar-refractivity contribution in [2.45, 2.75) is 0 Å². The van der Waals surface area contributed by atoms with Crippen LogP contribution < -0.4 is 22.9 Å². The number of benzene rings is 2. The highest BCUT2D eigenvalue weighted by atomic mass is 35.5. The number of nitrogens with zero attached hydrogens (tertiary/aromatic N) is 2. The first kappa shape index (κ1) is 15.9. The van der Waals surface area contributed by atoms with Gasteiger partial charge in [-0.2, -0.15) is 0 Å². The number of anilines is 4. The highest BCUT2D eigenvalue weighted by Gasteiger charge is 2.06. The first-order valence-corrected chi connectivity index (χ1v) is 5.36. The van der Waals surface area contributed by atoms with Gasteiger partial charge >= 0.3 is 0 Å². The Morgan fingerprint density at radius 2 is 0.700 bits per heavy atom. The van der Waals surface area contributed by atoms with E-state index in [1.165, 1.54) is 0 Å². The fraction of sp³-hybridized carbons (Fsp3) is 0. The third-order valence-electron chi connectivity index (χ3n) is 2.84. The van der Waals surface area contributed by atoms with Crippen LogP contribution in [0.2, 0.25) is 0 Å². The SMILES string of the molecule is Cl.Cl.Nc1cc2nc3cc(N)c(N)cc3nc2cc1N. The van der Waals surface area contributed by atoms with Crippen LogP contribution in [0.3, 0.4) is 0 Å². The molecule has 0 saturated carbocycles. The molecule has 1 aromatic heterocycles. The second-order valence-corrected chi connectivity index (χ2v) is 4.16. The number of hydrogen-bond donors (Lipinski definition) is 4. The fourth-order valence-corrected chi connectivity index (χ4v) is 1.84. The molecule has 0 aliphatic carbocycles. The number of nitrogen functional groups attached to an aromatic ring is 4. The molecule has 3 rings (SSSR count). The van der Waals surface area contributed by atoms with Crippen LogP contribution in [0, 0.1) is 0 Å². The lowest BCUT2D eigenvalue weighted by Gasteiger charge is -2.06.